The van der Waals surface area contributed by atoms with E-state index < -0.39 is 12.0 Å². The molecule has 1 aromatic carbocycles. The van der Waals surface area contributed by atoms with E-state index >= 15 is 0 Å². The van der Waals surface area contributed by atoms with Crippen LogP contribution in [-0.2, 0) is 20.7 Å². The van der Waals surface area contributed by atoms with Gasteiger partial charge in [0.05, 0.1) is 31.5 Å². The van der Waals surface area contributed by atoms with Gasteiger partial charge in [-0.05, 0) is 30.5 Å². The number of carbonyl (C=O) groups excluding carboxylic acids is 3. The van der Waals surface area contributed by atoms with Crippen molar-refractivity contribution in [2.45, 2.75) is 27.2 Å². The molecule has 0 unspecified atom stereocenters. The Hall–Kier alpha value is -3.14. The second kappa shape index (κ2) is 11.1. The standard InChI is InChI=1S/C20H26N4O5S/c1-12(2)10-29-16-7-13(3)5-6-15(16)23-19(27)24-20-22-14(11-30-20)8-17(25)21-9-18(26)28-4/h5-7,11-12H,8-10H2,1-4H3,(H,21,25)(H2,22,23,24,27). The average Bonchev–Trinajstić information content (AvgIpc) is 3.12. The molecular weight excluding hydrogens is 408 g/mol. The van der Waals surface area contributed by atoms with E-state index in [-0.39, 0.29) is 18.9 Å². The zero-order valence-electron chi connectivity index (χ0n) is 17.4. The highest BCUT2D eigenvalue weighted by Gasteiger charge is 2.13. The summed E-state index contributed by atoms with van der Waals surface area (Å²) in [7, 11) is 1.24. The summed E-state index contributed by atoms with van der Waals surface area (Å²) in [6.07, 6.45) is -0.0120. The number of nitrogens with one attached hydrogen (secondary N) is 3. The zero-order chi connectivity index (χ0) is 22.1. The molecule has 1 aromatic heterocycles. The molecule has 0 aliphatic heterocycles. The van der Waals surface area contributed by atoms with E-state index in [1.54, 1.807) is 11.4 Å². The number of anilines is 2. The molecule has 2 aromatic rings. The maximum atomic E-state index is 12.4. The predicted octanol–water partition coefficient (Wildman–Crippen LogP) is 2.96. The second-order valence-electron chi connectivity index (χ2n) is 6.96. The highest BCUT2D eigenvalue weighted by atomic mass is 32.1. The Labute approximate surface area is 179 Å². The lowest BCUT2D eigenvalue weighted by Crippen LogP contribution is -2.31. The molecule has 0 atom stereocenters. The molecule has 0 bridgehead atoms. The van der Waals surface area contributed by atoms with E-state index in [2.05, 4.69) is 25.7 Å². The maximum Gasteiger partial charge on any atom is 0.325 e. The van der Waals surface area contributed by atoms with Crippen LogP contribution < -0.4 is 20.7 Å². The lowest BCUT2D eigenvalue weighted by atomic mass is 10.2. The first kappa shape index (κ1) is 23.1. The van der Waals surface area contributed by atoms with Crippen molar-refractivity contribution in [1.82, 2.24) is 10.3 Å². The molecule has 0 fully saturated rings. The number of thiazole rings is 1. The Morgan fingerprint density at radius 3 is 2.67 bits per heavy atom. The second-order valence-corrected chi connectivity index (χ2v) is 7.82. The quantitative estimate of drug-likeness (QED) is 0.522. The Morgan fingerprint density at radius 1 is 1.20 bits per heavy atom. The number of benzene rings is 1. The van der Waals surface area contributed by atoms with Crippen LogP contribution in [0.25, 0.3) is 0 Å². The minimum absolute atomic E-state index is 0.0120. The molecule has 0 saturated heterocycles. The SMILES string of the molecule is COC(=O)CNC(=O)Cc1csc(NC(=O)Nc2ccc(C)cc2OCC(C)C)n1. The monoisotopic (exact) mass is 434 g/mol. The maximum absolute atomic E-state index is 12.4. The minimum Gasteiger partial charge on any atom is -0.491 e. The first-order valence-corrected chi connectivity index (χ1v) is 10.2. The van der Waals surface area contributed by atoms with Gasteiger partial charge < -0.3 is 20.1 Å². The summed E-state index contributed by atoms with van der Waals surface area (Å²) in [4.78, 5) is 39.4. The topological polar surface area (TPSA) is 119 Å². The third kappa shape index (κ3) is 7.70. The van der Waals surface area contributed by atoms with Gasteiger partial charge in [0.15, 0.2) is 5.13 Å². The van der Waals surface area contributed by atoms with Crippen LogP contribution >= 0.6 is 11.3 Å². The first-order chi connectivity index (χ1) is 14.3. The molecule has 10 heteroatoms. The minimum atomic E-state index is -0.534. The Kier molecular flexibility index (Phi) is 8.60. The largest absolute Gasteiger partial charge is 0.491 e. The van der Waals surface area contributed by atoms with Gasteiger partial charge in [0.25, 0.3) is 0 Å². The summed E-state index contributed by atoms with van der Waals surface area (Å²) in [6.45, 7) is 6.37. The molecule has 1 heterocycles. The molecule has 30 heavy (non-hydrogen) atoms. The number of hydrogen-bond donors (Lipinski definition) is 3. The Bertz CT molecular complexity index is 897. The molecule has 2 rings (SSSR count). The van der Waals surface area contributed by atoms with Crippen molar-refractivity contribution in [1.29, 1.82) is 0 Å². The van der Waals surface area contributed by atoms with Crippen molar-refractivity contribution in [3.8, 4) is 5.75 Å². The van der Waals surface area contributed by atoms with Gasteiger partial charge >= 0.3 is 12.0 Å². The van der Waals surface area contributed by atoms with Crippen molar-refractivity contribution in [3.63, 3.8) is 0 Å². The Balaban J connectivity index is 1.91. The fraction of sp³-hybridized carbons (Fsp3) is 0.400. The van der Waals surface area contributed by atoms with Gasteiger partial charge in [-0.15, -0.1) is 11.3 Å². The van der Waals surface area contributed by atoms with Gasteiger partial charge in [0.1, 0.15) is 12.3 Å². The van der Waals surface area contributed by atoms with Gasteiger partial charge in [-0.25, -0.2) is 9.78 Å². The zero-order valence-corrected chi connectivity index (χ0v) is 18.2. The van der Waals surface area contributed by atoms with Crippen LogP contribution in [0, 0.1) is 12.8 Å². The van der Waals surface area contributed by atoms with Crippen LogP contribution in [0.2, 0.25) is 0 Å². The third-order valence-corrected chi connectivity index (χ3v) is 4.54. The highest BCUT2D eigenvalue weighted by Crippen LogP contribution is 2.26. The summed E-state index contributed by atoms with van der Waals surface area (Å²) in [5.41, 5.74) is 2.06. The molecule has 3 amide bonds. The first-order valence-electron chi connectivity index (χ1n) is 9.36. The van der Waals surface area contributed by atoms with Crippen molar-refractivity contribution < 1.29 is 23.9 Å². The van der Waals surface area contributed by atoms with E-state index in [9.17, 15) is 14.4 Å². The van der Waals surface area contributed by atoms with Crippen LogP contribution in [-0.4, -0.2) is 43.2 Å². The number of rotatable bonds is 9. The smallest absolute Gasteiger partial charge is 0.325 e. The number of amides is 3. The van der Waals surface area contributed by atoms with E-state index in [0.29, 0.717) is 34.8 Å². The molecule has 0 radical (unpaired) electrons. The number of aromatic nitrogens is 1. The number of ether oxygens (including phenoxy) is 2. The Morgan fingerprint density at radius 2 is 1.97 bits per heavy atom. The van der Waals surface area contributed by atoms with E-state index in [1.165, 1.54) is 18.4 Å². The fourth-order valence-electron chi connectivity index (χ4n) is 2.27. The fourth-order valence-corrected chi connectivity index (χ4v) is 2.98. The van der Waals surface area contributed by atoms with Crippen LogP contribution in [0.5, 0.6) is 5.75 Å². The van der Waals surface area contributed by atoms with Crippen molar-refractivity contribution in [2.24, 2.45) is 5.92 Å². The lowest BCUT2D eigenvalue weighted by molar-refractivity contribution is -0.141. The van der Waals surface area contributed by atoms with Gasteiger partial charge in [-0.3, -0.25) is 14.9 Å². The van der Waals surface area contributed by atoms with E-state index in [0.717, 1.165) is 5.56 Å². The number of nitrogens with zero attached hydrogens (tertiary/aromatic N) is 1. The summed E-state index contributed by atoms with van der Waals surface area (Å²) in [5.74, 6) is 0.0495. The van der Waals surface area contributed by atoms with Gasteiger partial charge in [-0.1, -0.05) is 19.9 Å². The van der Waals surface area contributed by atoms with Crippen LogP contribution in [0.15, 0.2) is 23.6 Å². The summed E-state index contributed by atoms with van der Waals surface area (Å²) in [5, 5.41) is 9.85. The third-order valence-electron chi connectivity index (χ3n) is 3.73. The molecule has 3 N–H and O–H groups in total. The molecule has 162 valence electrons. The number of methoxy groups -OCH3 is 1. The van der Waals surface area contributed by atoms with Crippen molar-refractivity contribution >= 4 is 40.1 Å². The van der Waals surface area contributed by atoms with Crippen molar-refractivity contribution in [3.05, 3.63) is 34.8 Å². The molecule has 0 spiro atoms. The van der Waals surface area contributed by atoms with Crippen molar-refractivity contribution in [2.75, 3.05) is 30.9 Å². The number of hydrogen-bond acceptors (Lipinski definition) is 7. The number of aryl methyl sites for hydroxylation is 1. The summed E-state index contributed by atoms with van der Waals surface area (Å²) < 4.78 is 10.3. The van der Waals surface area contributed by atoms with Gasteiger partial charge in [-0.2, -0.15) is 0 Å². The number of urea groups is 1. The van der Waals surface area contributed by atoms with Crippen LogP contribution in [0.3, 0.4) is 0 Å². The molecule has 0 saturated carbocycles. The van der Waals surface area contributed by atoms with E-state index in [1.807, 2.05) is 32.9 Å². The number of esters is 1. The number of carbonyl (C=O) groups is 3. The van der Waals surface area contributed by atoms with E-state index in [4.69, 9.17) is 4.74 Å². The van der Waals surface area contributed by atoms with Crippen LogP contribution in [0.4, 0.5) is 15.6 Å². The van der Waals surface area contributed by atoms with Gasteiger partial charge in [0.2, 0.25) is 5.91 Å². The molecule has 0 aliphatic rings. The summed E-state index contributed by atoms with van der Waals surface area (Å²) >= 11 is 1.19. The lowest BCUT2D eigenvalue weighted by Gasteiger charge is -2.14. The molecule has 0 aliphatic carbocycles. The summed E-state index contributed by atoms with van der Waals surface area (Å²) in [6, 6.07) is 5.06. The normalized spacial score (nSPS) is 10.4. The molecular formula is C20H26N4O5S. The average molecular weight is 435 g/mol. The van der Waals surface area contributed by atoms with Gasteiger partial charge in [0, 0.05) is 5.38 Å². The predicted molar refractivity (Wildman–Crippen MR) is 115 cm³/mol. The highest BCUT2D eigenvalue weighted by molar-refractivity contribution is 7.14. The van der Waals surface area contributed by atoms with Crippen LogP contribution in [0.1, 0.15) is 25.1 Å². The molecule has 9 nitrogen and oxygen atoms in total.